The van der Waals surface area contributed by atoms with E-state index in [1.165, 1.54) is 0 Å². The summed E-state index contributed by atoms with van der Waals surface area (Å²) >= 11 is 0. The van der Waals surface area contributed by atoms with Gasteiger partial charge >= 0.3 is 0 Å². The average molecular weight is 229 g/mol. The van der Waals surface area contributed by atoms with Crippen molar-refractivity contribution in [3.63, 3.8) is 0 Å². The smallest absolute Gasteiger partial charge is 0.220 e. The van der Waals surface area contributed by atoms with E-state index in [2.05, 4.69) is 31.0 Å². The minimum absolute atomic E-state index is 0.00482. The first-order chi connectivity index (χ1) is 7.29. The van der Waals surface area contributed by atoms with Gasteiger partial charge in [-0.1, -0.05) is 6.92 Å². The summed E-state index contributed by atoms with van der Waals surface area (Å²) in [6.45, 7) is 7.61. The molecule has 0 aliphatic rings. The van der Waals surface area contributed by atoms with Crippen LogP contribution in [0.5, 0.6) is 0 Å². The number of hydrogen-bond donors (Lipinski definition) is 2. The first kappa shape index (κ1) is 15.4. The number of nitrogens with two attached hydrogens (primary N) is 1. The van der Waals surface area contributed by atoms with E-state index in [0.717, 1.165) is 6.42 Å². The summed E-state index contributed by atoms with van der Waals surface area (Å²) in [5, 5.41) is 2.96. The van der Waals surface area contributed by atoms with Crippen LogP contribution in [-0.2, 0) is 4.79 Å². The van der Waals surface area contributed by atoms with E-state index in [0.29, 0.717) is 25.4 Å². The predicted octanol–water partition coefficient (Wildman–Crippen LogP) is 0.818. The van der Waals surface area contributed by atoms with E-state index in [1.54, 1.807) is 0 Å². The van der Waals surface area contributed by atoms with Gasteiger partial charge < -0.3 is 16.0 Å². The minimum Gasteiger partial charge on any atom is -0.354 e. The van der Waals surface area contributed by atoms with E-state index in [9.17, 15) is 4.79 Å². The molecule has 4 nitrogen and oxygen atoms in total. The van der Waals surface area contributed by atoms with Crippen LogP contribution in [0.25, 0.3) is 0 Å². The molecule has 0 spiro atoms. The van der Waals surface area contributed by atoms with Crippen LogP contribution in [0, 0.1) is 5.92 Å². The van der Waals surface area contributed by atoms with Gasteiger partial charge in [-0.3, -0.25) is 4.79 Å². The first-order valence-electron chi connectivity index (χ1n) is 5.93. The van der Waals surface area contributed by atoms with Crippen molar-refractivity contribution < 1.29 is 4.79 Å². The Balaban J connectivity index is 3.82. The van der Waals surface area contributed by atoms with Crippen LogP contribution in [0.1, 0.15) is 33.6 Å². The van der Waals surface area contributed by atoms with Crippen LogP contribution in [0.2, 0.25) is 0 Å². The maximum absolute atomic E-state index is 11.6. The molecule has 0 bridgehead atoms. The molecule has 0 saturated heterocycles. The number of hydrogen-bond acceptors (Lipinski definition) is 3. The first-order valence-corrected chi connectivity index (χ1v) is 5.93. The van der Waals surface area contributed by atoms with Gasteiger partial charge in [0.15, 0.2) is 0 Å². The summed E-state index contributed by atoms with van der Waals surface area (Å²) in [7, 11) is 4.03. The molecule has 0 saturated carbocycles. The fraction of sp³-hybridized carbons (Fsp3) is 0.917. The molecule has 1 unspecified atom stereocenters. The molecule has 3 N–H and O–H groups in total. The van der Waals surface area contributed by atoms with Gasteiger partial charge in [0.25, 0.3) is 0 Å². The minimum atomic E-state index is -0.00482. The molecule has 0 aliphatic heterocycles. The van der Waals surface area contributed by atoms with E-state index in [1.807, 2.05) is 14.1 Å². The average Bonchev–Trinajstić information content (AvgIpc) is 2.22. The molecule has 96 valence electrons. The molecular formula is C12H27N3O. The highest BCUT2D eigenvalue weighted by Gasteiger charge is 2.20. The van der Waals surface area contributed by atoms with Crippen LogP contribution < -0.4 is 11.1 Å². The molecule has 0 fully saturated rings. The zero-order chi connectivity index (χ0) is 12.8. The number of rotatable bonds is 7. The lowest BCUT2D eigenvalue weighted by Gasteiger charge is -2.32. The van der Waals surface area contributed by atoms with Gasteiger partial charge in [0.2, 0.25) is 5.91 Å². The second-order valence-corrected chi connectivity index (χ2v) is 5.36. The lowest BCUT2D eigenvalue weighted by molar-refractivity contribution is -0.121. The Kier molecular flexibility index (Phi) is 6.60. The van der Waals surface area contributed by atoms with Crippen molar-refractivity contribution in [2.24, 2.45) is 11.7 Å². The van der Waals surface area contributed by atoms with E-state index in [-0.39, 0.29) is 11.4 Å². The second kappa shape index (κ2) is 6.86. The largest absolute Gasteiger partial charge is 0.354 e. The number of amides is 1. The molecule has 0 aromatic heterocycles. The maximum atomic E-state index is 11.6. The molecule has 0 radical (unpaired) electrons. The van der Waals surface area contributed by atoms with E-state index < -0.39 is 0 Å². The van der Waals surface area contributed by atoms with Crippen molar-refractivity contribution in [1.82, 2.24) is 10.2 Å². The SMILES string of the molecule is CC(CN)CCC(=O)NCC(C)(C)N(C)C. The van der Waals surface area contributed by atoms with Gasteiger partial charge in [-0.05, 0) is 46.8 Å². The number of carbonyl (C=O) groups is 1. The van der Waals surface area contributed by atoms with Crippen LogP contribution in [0.3, 0.4) is 0 Å². The molecule has 1 atom stereocenters. The molecule has 16 heavy (non-hydrogen) atoms. The Bertz CT molecular complexity index is 214. The van der Waals surface area contributed by atoms with Gasteiger partial charge in [0.05, 0.1) is 0 Å². The molecular weight excluding hydrogens is 202 g/mol. The summed E-state index contributed by atoms with van der Waals surface area (Å²) in [4.78, 5) is 13.7. The van der Waals surface area contributed by atoms with Gasteiger partial charge in [0.1, 0.15) is 0 Å². The van der Waals surface area contributed by atoms with Crippen molar-refractivity contribution in [2.45, 2.75) is 39.2 Å². The highest BCUT2D eigenvalue weighted by atomic mass is 16.1. The molecule has 0 aliphatic carbocycles. The number of nitrogens with one attached hydrogen (secondary N) is 1. The van der Waals surface area contributed by atoms with E-state index in [4.69, 9.17) is 5.73 Å². The number of nitrogens with zero attached hydrogens (tertiary/aromatic N) is 1. The Morgan fingerprint density at radius 1 is 1.44 bits per heavy atom. The lowest BCUT2D eigenvalue weighted by atomic mass is 10.0. The van der Waals surface area contributed by atoms with Crippen molar-refractivity contribution in [1.29, 1.82) is 0 Å². The highest BCUT2D eigenvalue weighted by molar-refractivity contribution is 5.75. The van der Waals surface area contributed by atoms with Gasteiger partial charge in [-0.2, -0.15) is 0 Å². The monoisotopic (exact) mass is 229 g/mol. The van der Waals surface area contributed by atoms with Gasteiger partial charge in [-0.15, -0.1) is 0 Å². The van der Waals surface area contributed by atoms with Gasteiger partial charge in [0, 0.05) is 18.5 Å². The molecule has 0 aromatic rings. The maximum Gasteiger partial charge on any atom is 0.220 e. The summed E-state index contributed by atoms with van der Waals surface area (Å²) in [6.07, 6.45) is 1.44. The van der Waals surface area contributed by atoms with Crippen LogP contribution in [0.15, 0.2) is 0 Å². The summed E-state index contributed by atoms with van der Waals surface area (Å²) in [6, 6.07) is 0. The summed E-state index contributed by atoms with van der Waals surface area (Å²) in [5.41, 5.74) is 5.50. The van der Waals surface area contributed by atoms with E-state index >= 15 is 0 Å². The van der Waals surface area contributed by atoms with Crippen molar-refractivity contribution in [2.75, 3.05) is 27.2 Å². The van der Waals surface area contributed by atoms with Crippen LogP contribution in [0.4, 0.5) is 0 Å². The van der Waals surface area contributed by atoms with Crippen LogP contribution >= 0.6 is 0 Å². The van der Waals surface area contributed by atoms with Crippen LogP contribution in [-0.4, -0.2) is 43.5 Å². The summed E-state index contributed by atoms with van der Waals surface area (Å²) < 4.78 is 0. The molecule has 4 heteroatoms. The zero-order valence-electron chi connectivity index (χ0n) is 11.3. The highest BCUT2D eigenvalue weighted by Crippen LogP contribution is 2.08. The Hall–Kier alpha value is -0.610. The zero-order valence-corrected chi connectivity index (χ0v) is 11.3. The van der Waals surface area contributed by atoms with Crippen molar-refractivity contribution >= 4 is 5.91 Å². The normalized spacial score (nSPS) is 13.9. The lowest BCUT2D eigenvalue weighted by Crippen LogP contribution is -2.48. The number of likely N-dealkylation sites (N-methyl/N-ethyl adjacent to an activating group) is 1. The number of carbonyl (C=O) groups excluding carboxylic acids is 1. The fourth-order valence-electron chi connectivity index (χ4n) is 1.06. The van der Waals surface area contributed by atoms with Crippen molar-refractivity contribution in [3.05, 3.63) is 0 Å². The summed E-state index contributed by atoms with van der Waals surface area (Å²) in [5.74, 6) is 0.544. The molecule has 0 rings (SSSR count). The topological polar surface area (TPSA) is 58.4 Å². The third kappa shape index (κ3) is 6.08. The van der Waals surface area contributed by atoms with Gasteiger partial charge in [-0.25, -0.2) is 0 Å². The Morgan fingerprint density at radius 3 is 2.44 bits per heavy atom. The Labute approximate surface area is 99.6 Å². The standard InChI is InChI=1S/C12H27N3O/c1-10(8-13)6-7-11(16)14-9-12(2,3)15(4)5/h10H,6-9,13H2,1-5H3,(H,14,16). The van der Waals surface area contributed by atoms with Crippen molar-refractivity contribution in [3.8, 4) is 0 Å². The third-order valence-corrected chi connectivity index (χ3v) is 3.20. The quantitative estimate of drug-likeness (QED) is 0.679. The predicted molar refractivity (Wildman–Crippen MR) is 68.2 cm³/mol. The third-order valence-electron chi connectivity index (χ3n) is 3.20. The molecule has 1 amide bonds. The fourth-order valence-corrected chi connectivity index (χ4v) is 1.06. The second-order valence-electron chi connectivity index (χ2n) is 5.36. The Morgan fingerprint density at radius 2 is 2.00 bits per heavy atom. The molecule has 0 aromatic carbocycles. The molecule has 0 heterocycles.